The number of carbonyl (C=O) groups excluding carboxylic acids is 1. The third kappa shape index (κ3) is 3.81. The van der Waals surface area contributed by atoms with Crippen LogP contribution in [0, 0.1) is 11.3 Å². The second-order valence-electron chi connectivity index (χ2n) is 5.21. The van der Waals surface area contributed by atoms with Gasteiger partial charge >= 0.3 is 0 Å². The lowest BCUT2D eigenvalue weighted by molar-refractivity contribution is -0.119. The zero-order chi connectivity index (χ0) is 14.5. The van der Waals surface area contributed by atoms with Gasteiger partial charge in [-0.05, 0) is 37.1 Å². The van der Waals surface area contributed by atoms with Gasteiger partial charge in [-0.15, -0.1) is 0 Å². The number of amides is 1. The number of primary amides is 1. The lowest BCUT2D eigenvalue weighted by atomic mass is 9.98. The van der Waals surface area contributed by atoms with Crippen LogP contribution in [-0.4, -0.2) is 23.4 Å². The summed E-state index contributed by atoms with van der Waals surface area (Å²) in [6.45, 7) is 1.77. The van der Waals surface area contributed by atoms with E-state index in [1.54, 1.807) is 0 Å². The Morgan fingerprint density at radius 2 is 2.30 bits per heavy atom. The average Bonchev–Trinajstić information content (AvgIpc) is 2.42. The monoisotopic (exact) mass is 335 g/mol. The maximum absolute atomic E-state index is 11.2. The van der Waals surface area contributed by atoms with Crippen molar-refractivity contribution < 1.29 is 4.79 Å². The summed E-state index contributed by atoms with van der Waals surface area (Å²) in [7, 11) is 0. The summed E-state index contributed by atoms with van der Waals surface area (Å²) in [6.07, 6.45) is 3.76. The van der Waals surface area contributed by atoms with E-state index in [9.17, 15) is 4.79 Å². The molecule has 0 aromatic heterocycles. The lowest BCUT2D eigenvalue weighted by Gasteiger charge is -2.35. The molecule has 20 heavy (non-hydrogen) atoms. The van der Waals surface area contributed by atoms with Crippen LogP contribution in [0.4, 0.5) is 0 Å². The Labute approximate surface area is 127 Å². The molecule has 1 aromatic rings. The van der Waals surface area contributed by atoms with Crippen LogP contribution in [0.3, 0.4) is 0 Å². The van der Waals surface area contributed by atoms with Gasteiger partial charge in [-0.1, -0.05) is 28.4 Å². The van der Waals surface area contributed by atoms with Gasteiger partial charge in [0.1, 0.15) is 0 Å². The molecule has 1 heterocycles. The van der Waals surface area contributed by atoms with Crippen LogP contribution < -0.4 is 5.73 Å². The van der Waals surface area contributed by atoms with Crippen molar-refractivity contribution in [2.45, 2.75) is 38.3 Å². The smallest absolute Gasteiger partial charge is 0.218 e. The highest BCUT2D eigenvalue weighted by Gasteiger charge is 2.24. The largest absolute Gasteiger partial charge is 0.370 e. The zero-order valence-corrected chi connectivity index (χ0v) is 12.9. The molecule has 1 fully saturated rings. The van der Waals surface area contributed by atoms with E-state index in [4.69, 9.17) is 11.0 Å². The molecule has 1 aromatic carbocycles. The highest BCUT2D eigenvalue weighted by Crippen LogP contribution is 2.25. The molecule has 1 saturated heterocycles. The van der Waals surface area contributed by atoms with Gasteiger partial charge in [-0.2, -0.15) is 5.26 Å². The van der Waals surface area contributed by atoms with Gasteiger partial charge < -0.3 is 5.73 Å². The van der Waals surface area contributed by atoms with Crippen LogP contribution in [-0.2, 0) is 11.3 Å². The molecule has 2 rings (SSSR count). The first-order chi connectivity index (χ1) is 9.60. The highest BCUT2D eigenvalue weighted by molar-refractivity contribution is 9.10. The van der Waals surface area contributed by atoms with E-state index in [1.807, 2.05) is 18.2 Å². The number of halogens is 1. The number of rotatable bonds is 4. The van der Waals surface area contributed by atoms with Crippen LogP contribution >= 0.6 is 15.9 Å². The number of likely N-dealkylation sites (tertiary alicyclic amines) is 1. The maximum atomic E-state index is 11.2. The lowest BCUT2D eigenvalue weighted by Crippen LogP contribution is -2.41. The summed E-state index contributed by atoms with van der Waals surface area (Å²) in [5.41, 5.74) is 7.12. The zero-order valence-electron chi connectivity index (χ0n) is 11.3. The summed E-state index contributed by atoms with van der Waals surface area (Å²) in [5, 5.41) is 8.88. The number of nitriles is 1. The van der Waals surface area contributed by atoms with Gasteiger partial charge in [-0.25, -0.2) is 0 Å². The van der Waals surface area contributed by atoms with Gasteiger partial charge in [0.15, 0.2) is 0 Å². The highest BCUT2D eigenvalue weighted by atomic mass is 79.9. The normalized spacial score (nSPS) is 19.5. The number of piperidine rings is 1. The number of hydrogen-bond donors (Lipinski definition) is 1. The van der Waals surface area contributed by atoms with E-state index >= 15 is 0 Å². The van der Waals surface area contributed by atoms with Crippen LogP contribution in [0.5, 0.6) is 0 Å². The Bertz CT molecular complexity index is 538. The minimum atomic E-state index is -0.235. The van der Waals surface area contributed by atoms with E-state index in [0.29, 0.717) is 12.0 Å². The minimum Gasteiger partial charge on any atom is -0.370 e. The second-order valence-corrected chi connectivity index (χ2v) is 6.06. The van der Waals surface area contributed by atoms with Crippen molar-refractivity contribution in [2.75, 3.05) is 6.54 Å². The van der Waals surface area contributed by atoms with Gasteiger partial charge in [0, 0.05) is 23.5 Å². The number of benzene rings is 1. The van der Waals surface area contributed by atoms with E-state index in [1.165, 1.54) is 0 Å². The summed E-state index contributed by atoms with van der Waals surface area (Å²) in [4.78, 5) is 13.5. The number of nitrogens with zero attached hydrogens (tertiary/aromatic N) is 2. The molecule has 2 N–H and O–H groups in total. The molecule has 1 atom stereocenters. The maximum Gasteiger partial charge on any atom is 0.218 e. The van der Waals surface area contributed by atoms with E-state index < -0.39 is 0 Å². The van der Waals surface area contributed by atoms with Gasteiger partial charge in [-0.3, -0.25) is 9.69 Å². The molecule has 0 spiro atoms. The molecule has 106 valence electrons. The molecule has 1 aliphatic rings. The second kappa shape index (κ2) is 6.87. The van der Waals surface area contributed by atoms with Crippen molar-refractivity contribution in [2.24, 2.45) is 5.73 Å². The number of nitrogens with two attached hydrogens (primary N) is 1. The fourth-order valence-corrected chi connectivity index (χ4v) is 3.20. The van der Waals surface area contributed by atoms with Crippen molar-refractivity contribution >= 4 is 21.8 Å². The van der Waals surface area contributed by atoms with Crippen molar-refractivity contribution in [3.05, 3.63) is 33.8 Å². The molecule has 1 amide bonds. The molecule has 0 radical (unpaired) electrons. The summed E-state index contributed by atoms with van der Waals surface area (Å²) in [5.74, 6) is -0.235. The van der Waals surface area contributed by atoms with Crippen LogP contribution in [0.1, 0.15) is 36.8 Å². The molecule has 0 bridgehead atoms. The Morgan fingerprint density at radius 1 is 1.50 bits per heavy atom. The summed E-state index contributed by atoms with van der Waals surface area (Å²) >= 11 is 3.52. The fourth-order valence-electron chi connectivity index (χ4n) is 2.70. The van der Waals surface area contributed by atoms with Crippen LogP contribution in [0.15, 0.2) is 22.7 Å². The SMILES string of the molecule is N#Cc1ccc(CN2CCCC[C@H]2CC(N)=O)c(Br)c1. The predicted octanol–water partition coefficient (Wildman–Crippen LogP) is 2.55. The van der Waals surface area contributed by atoms with Gasteiger partial charge in [0.25, 0.3) is 0 Å². The molecule has 0 unspecified atom stereocenters. The quantitative estimate of drug-likeness (QED) is 0.919. The molecule has 0 aliphatic carbocycles. The van der Waals surface area contributed by atoms with Crippen molar-refractivity contribution in [3.63, 3.8) is 0 Å². The standard InChI is InChI=1S/C15H18BrN3O/c16-14-7-11(9-17)4-5-12(14)10-19-6-2-1-3-13(19)8-15(18)20/h4-5,7,13H,1-3,6,8,10H2,(H2,18,20)/t13-/m0/s1. The number of hydrogen-bond acceptors (Lipinski definition) is 3. The Balaban J connectivity index is 2.10. The molecule has 5 heteroatoms. The minimum absolute atomic E-state index is 0.235. The van der Waals surface area contributed by atoms with E-state index in [2.05, 4.69) is 26.9 Å². The fraction of sp³-hybridized carbons (Fsp3) is 0.467. The van der Waals surface area contributed by atoms with Crippen molar-refractivity contribution in [1.29, 1.82) is 5.26 Å². The third-order valence-corrected chi connectivity index (χ3v) is 4.48. The predicted molar refractivity (Wildman–Crippen MR) is 80.7 cm³/mol. The Kier molecular flexibility index (Phi) is 5.16. The van der Waals surface area contributed by atoms with E-state index in [0.717, 1.165) is 42.4 Å². The first-order valence-corrected chi connectivity index (χ1v) is 7.60. The Morgan fingerprint density at radius 3 is 2.95 bits per heavy atom. The Hall–Kier alpha value is -1.38. The average molecular weight is 336 g/mol. The van der Waals surface area contributed by atoms with Crippen molar-refractivity contribution in [1.82, 2.24) is 4.90 Å². The summed E-state index contributed by atoms with van der Waals surface area (Å²) < 4.78 is 0.944. The van der Waals surface area contributed by atoms with Gasteiger partial charge in [0.05, 0.1) is 11.6 Å². The summed E-state index contributed by atoms with van der Waals surface area (Å²) in [6, 6.07) is 8.00. The topological polar surface area (TPSA) is 70.1 Å². The first kappa shape index (κ1) is 15.0. The van der Waals surface area contributed by atoms with Crippen LogP contribution in [0.25, 0.3) is 0 Å². The molecular formula is C15H18BrN3O. The number of carbonyl (C=O) groups is 1. The molecule has 4 nitrogen and oxygen atoms in total. The molecular weight excluding hydrogens is 318 g/mol. The third-order valence-electron chi connectivity index (χ3n) is 3.74. The van der Waals surface area contributed by atoms with E-state index in [-0.39, 0.29) is 11.9 Å². The van der Waals surface area contributed by atoms with Crippen molar-refractivity contribution in [3.8, 4) is 6.07 Å². The molecule has 0 saturated carbocycles. The van der Waals surface area contributed by atoms with Crippen LogP contribution in [0.2, 0.25) is 0 Å². The first-order valence-electron chi connectivity index (χ1n) is 6.81. The van der Waals surface area contributed by atoms with Gasteiger partial charge in [0.2, 0.25) is 5.91 Å². The molecule has 1 aliphatic heterocycles.